The van der Waals surface area contributed by atoms with Crippen molar-refractivity contribution in [2.24, 2.45) is 21.9 Å². The van der Waals surface area contributed by atoms with E-state index in [4.69, 9.17) is 16.3 Å². The zero-order chi connectivity index (χ0) is 18.2. The lowest BCUT2D eigenvalue weighted by atomic mass is 9.90. The Labute approximate surface area is 146 Å². The number of rotatable bonds is 5. The van der Waals surface area contributed by atoms with Crippen molar-refractivity contribution >= 4 is 27.6 Å². The Morgan fingerprint density at radius 1 is 1.48 bits per heavy atom. The molecule has 2 aromatic rings. The van der Waals surface area contributed by atoms with Crippen LogP contribution < -0.4 is 22.0 Å². The summed E-state index contributed by atoms with van der Waals surface area (Å²) in [6, 6.07) is 0. The molecule has 1 fully saturated rings. The van der Waals surface area contributed by atoms with Crippen molar-refractivity contribution in [3.8, 4) is 0 Å². The van der Waals surface area contributed by atoms with E-state index in [1.165, 1.54) is 4.57 Å². The highest BCUT2D eigenvalue weighted by atomic mass is 32.1. The van der Waals surface area contributed by atoms with E-state index in [0.717, 1.165) is 24.2 Å². The van der Waals surface area contributed by atoms with E-state index < -0.39 is 17.3 Å². The van der Waals surface area contributed by atoms with E-state index in [1.807, 2.05) is 6.92 Å². The summed E-state index contributed by atoms with van der Waals surface area (Å²) >= 11 is 0.807. The van der Waals surface area contributed by atoms with Crippen molar-refractivity contribution in [3.05, 3.63) is 20.0 Å². The molecule has 2 aromatic heterocycles. The van der Waals surface area contributed by atoms with E-state index in [1.54, 1.807) is 0 Å². The fourth-order valence-electron chi connectivity index (χ4n) is 3.25. The van der Waals surface area contributed by atoms with Crippen molar-refractivity contribution in [3.63, 3.8) is 0 Å². The quantitative estimate of drug-likeness (QED) is 0.411. The summed E-state index contributed by atoms with van der Waals surface area (Å²) in [5.41, 5.74) is 5.55. The Bertz CT molecular complexity index is 917. The van der Waals surface area contributed by atoms with Gasteiger partial charge in [-0.2, -0.15) is 4.98 Å². The molecule has 25 heavy (non-hydrogen) atoms. The van der Waals surface area contributed by atoms with Crippen LogP contribution in [0.4, 0.5) is 5.95 Å². The molecule has 0 aromatic carbocycles. The molecule has 1 aliphatic rings. The number of hydrogen-bond donors (Lipinski definition) is 3. The minimum Gasteiger partial charge on any atom is -0.353 e. The standard InChI is InChI=1S/C14H21N7O3S/c1-3-5-7-6-14(15,4-2)11(24-7)21-9-8(25-13(21)23)10(22)18-12(17-9)19-20-16/h7,11H,3-6,15H2,1-2H3,(H3,16,17,18,19,22)/t7?,11-,14+/m1/s1. The number of aromatic amines is 1. The summed E-state index contributed by atoms with van der Waals surface area (Å²) in [7, 11) is 0. The third-order valence-electron chi connectivity index (χ3n) is 4.54. The summed E-state index contributed by atoms with van der Waals surface area (Å²) in [6.07, 6.45) is 2.35. The molecule has 0 aliphatic carbocycles. The number of hydrogen-bond acceptors (Lipinski definition) is 8. The van der Waals surface area contributed by atoms with Crippen LogP contribution in [0.2, 0.25) is 0 Å². The summed E-state index contributed by atoms with van der Waals surface area (Å²) < 4.78 is 7.66. The van der Waals surface area contributed by atoms with Crippen LogP contribution in [0.3, 0.4) is 0 Å². The van der Waals surface area contributed by atoms with Gasteiger partial charge in [0.05, 0.1) is 11.6 Å². The van der Waals surface area contributed by atoms with Gasteiger partial charge in [-0.1, -0.05) is 41.9 Å². The van der Waals surface area contributed by atoms with Crippen LogP contribution in [-0.2, 0) is 4.74 Å². The normalized spacial score (nSPS) is 26.8. The Kier molecular flexibility index (Phi) is 4.71. The van der Waals surface area contributed by atoms with Crippen LogP contribution in [0.1, 0.15) is 45.8 Å². The van der Waals surface area contributed by atoms with E-state index in [2.05, 4.69) is 27.2 Å². The average Bonchev–Trinajstić information content (AvgIpc) is 3.05. The molecule has 0 amide bonds. The summed E-state index contributed by atoms with van der Waals surface area (Å²) in [4.78, 5) is 31.1. The van der Waals surface area contributed by atoms with E-state index in [9.17, 15) is 9.59 Å². The number of ether oxygens (including phenoxy) is 1. The molecule has 3 heterocycles. The first-order chi connectivity index (χ1) is 11.9. The minimum absolute atomic E-state index is 0.0352. The fourth-order valence-corrected chi connectivity index (χ4v) is 4.08. The molecule has 3 rings (SSSR count). The predicted octanol–water partition coefficient (Wildman–Crippen LogP) is 1.30. The number of thiazole rings is 1. The van der Waals surface area contributed by atoms with E-state index in [-0.39, 0.29) is 27.3 Å². The maximum atomic E-state index is 12.6. The molecule has 11 heteroatoms. The van der Waals surface area contributed by atoms with Gasteiger partial charge < -0.3 is 16.3 Å². The van der Waals surface area contributed by atoms with Crippen molar-refractivity contribution in [1.29, 1.82) is 0 Å². The third kappa shape index (κ3) is 2.98. The second kappa shape index (κ2) is 6.65. The molecular weight excluding hydrogens is 346 g/mol. The average molecular weight is 367 g/mol. The Morgan fingerprint density at radius 3 is 2.88 bits per heavy atom. The lowest BCUT2D eigenvalue weighted by Gasteiger charge is -2.28. The molecule has 0 spiro atoms. The molecular formula is C14H21N7O3S. The van der Waals surface area contributed by atoms with Gasteiger partial charge in [-0.05, 0) is 19.3 Å². The highest BCUT2D eigenvalue weighted by molar-refractivity contribution is 7.16. The highest BCUT2D eigenvalue weighted by Gasteiger charge is 2.46. The van der Waals surface area contributed by atoms with E-state index in [0.29, 0.717) is 12.8 Å². The van der Waals surface area contributed by atoms with Gasteiger partial charge in [-0.15, -0.1) is 0 Å². The zero-order valence-electron chi connectivity index (χ0n) is 14.1. The monoisotopic (exact) mass is 367 g/mol. The van der Waals surface area contributed by atoms with Crippen molar-refractivity contribution < 1.29 is 4.74 Å². The first-order valence-corrected chi connectivity index (χ1v) is 8.95. The molecule has 0 bridgehead atoms. The van der Waals surface area contributed by atoms with Crippen LogP contribution in [0, 0.1) is 0 Å². The van der Waals surface area contributed by atoms with Crippen molar-refractivity contribution in [2.45, 2.75) is 57.4 Å². The second-order valence-electron chi connectivity index (χ2n) is 6.19. The molecule has 10 nitrogen and oxygen atoms in total. The number of nitrogens with one attached hydrogen (secondary N) is 1. The zero-order valence-corrected chi connectivity index (χ0v) is 14.9. The lowest BCUT2D eigenvalue weighted by Crippen LogP contribution is -2.46. The van der Waals surface area contributed by atoms with Gasteiger partial charge >= 0.3 is 4.87 Å². The summed E-state index contributed by atoms with van der Waals surface area (Å²) in [5, 5.41) is 6.67. The molecule has 5 N–H and O–H groups in total. The maximum Gasteiger partial charge on any atom is 0.311 e. The number of fused-ring (bicyclic) bond motifs is 1. The van der Waals surface area contributed by atoms with Gasteiger partial charge in [0.15, 0.2) is 11.9 Å². The number of nitrogens with two attached hydrogens (primary N) is 2. The maximum absolute atomic E-state index is 12.6. The molecule has 1 saturated heterocycles. The predicted molar refractivity (Wildman–Crippen MR) is 93.8 cm³/mol. The second-order valence-corrected chi connectivity index (χ2v) is 7.15. The molecule has 3 atom stereocenters. The van der Waals surface area contributed by atoms with Gasteiger partial charge in [0.2, 0.25) is 0 Å². The lowest BCUT2D eigenvalue weighted by molar-refractivity contribution is -0.0210. The molecule has 136 valence electrons. The molecule has 1 unspecified atom stereocenters. The van der Waals surface area contributed by atoms with E-state index >= 15 is 0 Å². The smallest absolute Gasteiger partial charge is 0.311 e. The Balaban J connectivity index is 2.19. The topological polar surface area (TPSA) is 154 Å². The van der Waals surface area contributed by atoms with Gasteiger partial charge in [0.25, 0.3) is 11.5 Å². The van der Waals surface area contributed by atoms with Gasteiger partial charge in [-0.25, -0.2) is 0 Å². The number of H-pyrrole nitrogens is 1. The van der Waals surface area contributed by atoms with Crippen molar-refractivity contribution in [2.75, 3.05) is 0 Å². The molecule has 0 radical (unpaired) electrons. The molecule has 0 saturated carbocycles. The third-order valence-corrected chi connectivity index (χ3v) is 5.48. The van der Waals surface area contributed by atoms with Gasteiger partial charge in [-0.3, -0.25) is 19.1 Å². The van der Waals surface area contributed by atoms with Crippen LogP contribution in [0.25, 0.3) is 10.3 Å². The highest BCUT2D eigenvalue weighted by Crippen LogP contribution is 2.40. The number of aromatic nitrogens is 3. The van der Waals surface area contributed by atoms with Crippen LogP contribution >= 0.6 is 11.3 Å². The SMILES string of the molecule is CCCC1C[C@@](N)(CC)[C@H](n2c(=O)sc3c(=O)[nH]c(N=NN)nc32)O1. The van der Waals surface area contributed by atoms with Crippen molar-refractivity contribution in [1.82, 2.24) is 14.5 Å². The largest absolute Gasteiger partial charge is 0.353 e. The summed E-state index contributed by atoms with van der Waals surface area (Å²) in [5.74, 6) is 4.95. The minimum atomic E-state index is -0.711. The molecule has 1 aliphatic heterocycles. The first-order valence-electron chi connectivity index (χ1n) is 8.14. The first kappa shape index (κ1) is 17.7. The Morgan fingerprint density at radius 2 is 2.24 bits per heavy atom. The Hall–Kier alpha value is -2.11. The van der Waals surface area contributed by atoms with Crippen LogP contribution in [0.15, 0.2) is 19.9 Å². The fraction of sp³-hybridized carbons (Fsp3) is 0.643. The van der Waals surface area contributed by atoms with Gasteiger partial charge in [0, 0.05) is 0 Å². The summed E-state index contributed by atoms with van der Waals surface area (Å²) in [6.45, 7) is 4.02. The number of nitrogens with zero attached hydrogens (tertiary/aromatic N) is 4. The van der Waals surface area contributed by atoms with Crippen LogP contribution in [0.5, 0.6) is 0 Å². The van der Waals surface area contributed by atoms with Crippen LogP contribution in [-0.4, -0.2) is 26.2 Å². The van der Waals surface area contributed by atoms with Gasteiger partial charge in [0.1, 0.15) is 4.70 Å².